The minimum Gasteiger partial charge on any atom is -0.248 e. The number of nitrogens with zero attached hydrogens (tertiary/aromatic N) is 1. The van der Waals surface area contributed by atoms with E-state index in [-0.39, 0.29) is 0 Å². The normalized spacial score (nSPS) is 12.5. The summed E-state index contributed by atoms with van der Waals surface area (Å²) in [5.74, 6) is 0. The monoisotopic (exact) mass is 143 g/mol. The maximum Gasteiger partial charge on any atom is 0.0973 e. The average molecular weight is 143 g/mol. The summed E-state index contributed by atoms with van der Waals surface area (Å²) in [6.07, 6.45) is 3.40. The van der Waals surface area contributed by atoms with E-state index < -0.39 is 6.17 Å². The van der Waals surface area contributed by atoms with Crippen molar-refractivity contribution in [2.24, 2.45) is 0 Å². The van der Waals surface area contributed by atoms with Crippen molar-refractivity contribution in [2.75, 3.05) is 0 Å². The first-order chi connectivity index (χ1) is 4.77. The highest BCUT2D eigenvalue weighted by Gasteiger charge is 1.96. The first-order valence-electron chi connectivity index (χ1n) is 3.78. The number of unbranched alkanes of at least 4 members (excludes halogenated alkanes) is 3. The van der Waals surface area contributed by atoms with Gasteiger partial charge in [-0.05, 0) is 19.8 Å². The summed E-state index contributed by atoms with van der Waals surface area (Å²) in [4.78, 5) is 0. The van der Waals surface area contributed by atoms with Gasteiger partial charge in [0, 0.05) is 6.42 Å². The Kier molecular flexibility index (Phi) is 6.16. The highest BCUT2D eigenvalue weighted by atomic mass is 19.1. The number of alkyl halides is 1. The number of hydrogen-bond acceptors (Lipinski definition) is 1. The number of nitriles is 1. The maximum atomic E-state index is 12.1. The highest BCUT2D eigenvalue weighted by Crippen LogP contribution is 2.06. The lowest BCUT2D eigenvalue weighted by molar-refractivity contribution is 0.330. The molecule has 0 rings (SSSR count). The van der Waals surface area contributed by atoms with Crippen LogP contribution in [0, 0.1) is 11.3 Å². The summed E-state index contributed by atoms with van der Waals surface area (Å²) >= 11 is 0. The van der Waals surface area contributed by atoms with Crippen molar-refractivity contribution in [3.63, 3.8) is 0 Å². The first kappa shape index (κ1) is 9.42. The fourth-order valence-corrected chi connectivity index (χ4v) is 0.806. The van der Waals surface area contributed by atoms with Crippen LogP contribution in [0.1, 0.15) is 39.0 Å². The maximum absolute atomic E-state index is 12.1. The molecule has 1 nitrogen and oxygen atoms in total. The molecule has 0 aliphatic rings. The van der Waals surface area contributed by atoms with Gasteiger partial charge in [0.2, 0.25) is 0 Å². The van der Waals surface area contributed by atoms with Crippen LogP contribution >= 0.6 is 0 Å². The van der Waals surface area contributed by atoms with E-state index in [1.807, 2.05) is 0 Å². The van der Waals surface area contributed by atoms with E-state index >= 15 is 0 Å². The van der Waals surface area contributed by atoms with E-state index in [1.54, 1.807) is 6.92 Å². The third kappa shape index (κ3) is 7.42. The van der Waals surface area contributed by atoms with E-state index in [9.17, 15) is 4.39 Å². The van der Waals surface area contributed by atoms with Gasteiger partial charge in [0.05, 0.1) is 12.2 Å². The smallest absolute Gasteiger partial charge is 0.0973 e. The summed E-state index contributed by atoms with van der Waals surface area (Å²) in [7, 11) is 0. The molecule has 58 valence electrons. The molecule has 0 aliphatic heterocycles. The van der Waals surface area contributed by atoms with Crippen LogP contribution in [0.2, 0.25) is 0 Å². The third-order valence-electron chi connectivity index (χ3n) is 1.39. The van der Waals surface area contributed by atoms with Gasteiger partial charge in [-0.2, -0.15) is 5.26 Å². The lowest BCUT2D eigenvalue weighted by Gasteiger charge is -1.98. The molecule has 0 saturated carbocycles. The van der Waals surface area contributed by atoms with Gasteiger partial charge in [-0.1, -0.05) is 12.8 Å². The molecule has 0 amide bonds. The Morgan fingerprint density at radius 1 is 1.40 bits per heavy atom. The molecule has 0 aromatic carbocycles. The molecular weight excluding hydrogens is 129 g/mol. The van der Waals surface area contributed by atoms with Crippen molar-refractivity contribution in [1.82, 2.24) is 0 Å². The van der Waals surface area contributed by atoms with Crippen molar-refractivity contribution in [3.05, 3.63) is 0 Å². The van der Waals surface area contributed by atoms with Crippen LogP contribution in [0.15, 0.2) is 0 Å². The van der Waals surface area contributed by atoms with Crippen molar-refractivity contribution in [1.29, 1.82) is 5.26 Å². The van der Waals surface area contributed by atoms with Crippen LogP contribution in [0.4, 0.5) is 4.39 Å². The van der Waals surface area contributed by atoms with Crippen molar-refractivity contribution in [3.8, 4) is 6.07 Å². The molecule has 0 spiro atoms. The van der Waals surface area contributed by atoms with Gasteiger partial charge in [0.1, 0.15) is 0 Å². The number of hydrogen-bond donors (Lipinski definition) is 0. The Bertz CT molecular complexity index is 104. The Morgan fingerprint density at radius 2 is 2.10 bits per heavy atom. The minimum atomic E-state index is -0.679. The molecule has 1 unspecified atom stereocenters. The van der Waals surface area contributed by atoms with Crippen LogP contribution in [0.3, 0.4) is 0 Å². The van der Waals surface area contributed by atoms with Crippen LogP contribution in [0.25, 0.3) is 0 Å². The molecule has 1 atom stereocenters. The summed E-state index contributed by atoms with van der Waals surface area (Å²) in [6.45, 7) is 1.57. The lowest BCUT2D eigenvalue weighted by Crippen LogP contribution is -1.91. The van der Waals surface area contributed by atoms with Crippen LogP contribution in [0.5, 0.6) is 0 Å². The summed E-state index contributed by atoms with van der Waals surface area (Å²) in [5, 5.41) is 8.15. The number of halogens is 1. The molecule has 10 heavy (non-hydrogen) atoms. The molecule has 0 aromatic heterocycles. The molecule has 0 radical (unpaired) electrons. The zero-order valence-electron chi connectivity index (χ0n) is 6.44. The molecule has 0 saturated heterocycles. The predicted octanol–water partition coefficient (Wildman–Crippen LogP) is 2.82. The van der Waals surface area contributed by atoms with Gasteiger partial charge in [-0.15, -0.1) is 0 Å². The van der Waals surface area contributed by atoms with Gasteiger partial charge in [-0.25, -0.2) is 4.39 Å². The van der Waals surface area contributed by atoms with Gasteiger partial charge in [-0.3, -0.25) is 0 Å². The van der Waals surface area contributed by atoms with Crippen LogP contribution in [-0.2, 0) is 0 Å². The molecule has 0 fully saturated rings. The van der Waals surface area contributed by atoms with Crippen molar-refractivity contribution < 1.29 is 4.39 Å². The van der Waals surface area contributed by atoms with E-state index in [0.29, 0.717) is 12.8 Å². The lowest BCUT2D eigenvalue weighted by atomic mass is 10.1. The quantitative estimate of drug-likeness (QED) is 0.543. The van der Waals surface area contributed by atoms with E-state index in [1.165, 1.54) is 0 Å². The van der Waals surface area contributed by atoms with Gasteiger partial charge in [0.25, 0.3) is 0 Å². The second kappa shape index (κ2) is 6.54. The van der Waals surface area contributed by atoms with Crippen LogP contribution in [-0.4, -0.2) is 6.17 Å². The fraction of sp³-hybridized carbons (Fsp3) is 0.875. The summed E-state index contributed by atoms with van der Waals surface area (Å²) in [6, 6.07) is 2.06. The third-order valence-corrected chi connectivity index (χ3v) is 1.39. The molecule has 2 heteroatoms. The molecular formula is C8H14FN. The molecule has 0 N–H and O–H groups in total. The molecule has 0 aliphatic carbocycles. The zero-order chi connectivity index (χ0) is 7.82. The zero-order valence-corrected chi connectivity index (χ0v) is 6.44. The van der Waals surface area contributed by atoms with Gasteiger partial charge >= 0.3 is 0 Å². The van der Waals surface area contributed by atoms with E-state index in [4.69, 9.17) is 5.26 Å². The summed E-state index contributed by atoms with van der Waals surface area (Å²) in [5.41, 5.74) is 0. The number of rotatable bonds is 5. The van der Waals surface area contributed by atoms with E-state index in [0.717, 1.165) is 19.3 Å². The largest absolute Gasteiger partial charge is 0.248 e. The standard InChI is InChI=1S/C8H14FN/c1-8(9)6-4-2-3-5-7-10/h8H,2-6H2,1H3. The second-order valence-electron chi connectivity index (χ2n) is 2.54. The Morgan fingerprint density at radius 3 is 2.60 bits per heavy atom. The Hall–Kier alpha value is -0.580. The highest BCUT2D eigenvalue weighted by molar-refractivity contribution is 4.67. The van der Waals surface area contributed by atoms with Crippen molar-refractivity contribution >= 4 is 0 Å². The topological polar surface area (TPSA) is 23.8 Å². The van der Waals surface area contributed by atoms with E-state index in [2.05, 4.69) is 6.07 Å². The van der Waals surface area contributed by atoms with Gasteiger partial charge in [0.15, 0.2) is 0 Å². The van der Waals surface area contributed by atoms with Gasteiger partial charge < -0.3 is 0 Å². The Labute approximate surface area is 61.9 Å². The summed E-state index contributed by atoms with van der Waals surface area (Å²) < 4.78 is 12.1. The molecule has 0 bridgehead atoms. The first-order valence-corrected chi connectivity index (χ1v) is 3.78. The molecule has 0 heterocycles. The predicted molar refractivity (Wildman–Crippen MR) is 39.3 cm³/mol. The minimum absolute atomic E-state index is 0.612. The SMILES string of the molecule is CC(F)CCCCCC#N. The fourth-order valence-electron chi connectivity index (χ4n) is 0.806. The average Bonchev–Trinajstić information content (AvgIpc) is 1.87. The Balaban J connectivity index is 2.86. The molecule has 0 aromatic rings. The second-order valence-corrected chi connectivity index (χ2v) is 2.54. The van der Waals surface area contributed by atoms with Crippen molar-refractivity contribution in [2.45, 2.75) is 45.2 Å². The van der Waals surface area contributed by atoms with Crippen LogP contribution < -0.4 is 0 Å².